The third-order valence-corrected chi connectivity index (χ3v) is 8.18. The Bertz CT molecular complexity index is 2090. The monoisotopic (exact) mass is 605 g/mol. The summed E-state index contributed by atoms with van der Waals surface area (Å²) in [6.45, 7) is 1.77. The lowest BCUT2D eigenvalue weighted by Gasteiger charge is -2.25. The average Bonchev–Trinajstić information content (AvgIpc) is 3.64. The number of nitrogens with zero attached hydrogens (tertiary/aromatic N) is 2. The molecule has 2 aromatic heterocycles. The van der Waals surface area contributed by atoms with Crippen LogP contribution in [0, 0.1) is 0 Å². The van der Waals surface area contributed by atoms with Gasteiger partial charge in [0, 0.05) is 17.3 Å². The second kappa shape index (κ2) is 12.0. The fourth-order valence-corrected chi connectivity index (χ4v) is 6.09. The number of thiazole rings is 1. The fraction of sp³-hybridized carbons (Fsp3) is 0.118. The summed E-state index contributed by atoms with van der Waals surface area (Å²) in [5, 5.41) is 2.95. The summed E-state index contributed by atoms with van der Waals surface area (Å²) in [5.41, 5.74) is 3.10. The van der Waals surface area contributed by atoms with E-state index in [1.165, 1.54) is 18.4 Å². The van der Waals surface area contributed by atoms with Crippen LogP contribution in [0.2, 0.25) is 0 Å². The highest BCUT2D eigenvalue weighted by atomic mass is 32.1. The first-order valence-electron chi connectivity index (χ1n) is 13.7. The van der Waals surface area contributed by atoms with E-state index in [-0.39, 0.29) is 11.5 Å². The number of aromatic nitrogens is 1. The predicted octanol–water partition coefficient (Wildman–Crippen LogP) is 4.93. The lowest BCUT2D eigenvalue weighted by molar-refractivity contribution is -0.113. The number of esters is 1. The third-order valence-electron chi connectivity index (χ3n) is 7.20. The van der Waals surface area contributed by atoms with Crippen molar-refractivity contribution in [1.82, 2.24) is 4.57 Å². The van der Waals surface area contributed by atoms with Gasteiger partial charge in [0.2, 0.25) is 0 Å². The van der Waals surface area contributed by atoms with Gasteiger partial charge < -0.3 is 19.2 Å². The van der Waals surface area contributed by atoms with E-state index in [0.29, 0.717) is 54.7 Å². The van der Waals surface area contributed by atoms with Crippen molar-refractivity contribution >= 4 is 35.0 Å². The van der Waals surface area contributed by atoms with E-state index in [4.69, 9.17) is 18.9 Å². The molecule has 44 heavy (non-hydrogen) atoms. The molecule has 1 N–H and O–H groups in total. The molecule has 0 unspecified atom stereocenters. The average molecular weight is 606 g/mol. The van der Waals surface area contributed by atoms with Crippen molar-refractivity contribution in [3.63, 3.8) is 0 Å². The highest BCUT2D eigenvalue weighted by Gasteiger charge is 2.32. The Morgan fingerprint density at radius 1 is 0.977 bits per heavy atom. The Labute approximate surface area is 256 Å². The van der Waals surface area contributed by atoms with Gasteiger partial charge in [-0.15, -0.1) is 0 Å². The third kappa shape index (κ3) is 5.50. The summed E-state index contributed by atoms with van der Waals surface area (Å²) in [6, 6.07) is 26.1. The molecule has 0 aliphatic carbocycles. The number of hydrogen-bond donors (Lipinski definition) is 1. The molecule has 5 aromatic rings. The second-order valence-electron chi connectivity index (χ2n) is 9.95. The van der Waals surface area contributed by atoms with Crippen molar-refractivity contribution < 1.29 is 23.5 Å². The molecule has 3 aromatic carbocycles. The molecular weight excluding hydrogens is 578 g/mol. The van der Waals surface area contributed by atoms with Crippen LogP contribution in [0.1, 0.15) is 34.6 Å². The van der Waals surface area contributed by atoms with Crippen LogP contribution >= 0.6 is 11.3 Å². The molecule has 0 bridgehead atoms. The van der Waals surface area contributed by atoms with Crippen molar-refractivity contribution in [1.29, 1.82) is 0 Å². The zero-order valence-corrected chi connectivity index (χ0v) is 24.9. The summed E-state index contributed by atoms with van der Waals surface area (Å²) in [6.07, 6.45) is 1.67. The van der Waals surface area contributed by atoms with Crippen molar-refractivity contribution in [2.45, 2.75) is 13.0 Å². The predicted molar refractivity (Wildman–Crippen MR) is 167 cm³/mol. The van der Waals surface area contributed by atoms with Gasteiger partial charge in [-0.25, -0.2) is 9.79 Å². The highest BCUT2D eigenvalue weighted by molar-refractivity contribution is 7.07. The van der Waals surface area contributed by atoms with E-state index in [1.807, 2.05) is 42.5 Å². The lowest BCUT2D eigenvalue weighted by Crippen LogP contribution is -2.40. The summed E-state index contributed by atoms with van der Waals surface area (Å²) in [5.74, 6) is 0.872. The molecule has 0 spiro atoms. The zero-order chi connectivity index (χ0) is 30.8. The van der Waals surface area contributed by atoms with Crippen LogP contribution in [0.4, 0.5) is 5.69 Å². The summed E-state index contributed by atoms with van der Waals surface area (Å²) in [7, 11) is 2.90. The number of carbonyl (C=O) groups is 2. The number of ether oxygens (including phenoxy) is 2. The van der Waals surface area contributed by atoms with Crippen molar-refractivity contribution in [3.05, 3.63) is 139 Å². The normalized spacial score (nSPS) is 14.5. The van der Waals surface area contributed by atoms with E-state index in [2.05, 4.69) is 5.32 Å². The summed E-state index contributed by atoms with van der Waals surface area (Å²) < 4.78 is 18.2. The van der Waals surface area contributed by atoms with Gasteiger partial charge in [0.1, 0.15) is 17.3 Å². The van der Waals surface area contributed by atoms with Crippen LogP contribution in [0.5, 0.6) is 5.75 Å². The number of rotatable bonds is 7. The van der Waals surface area contributed by atoms with Crippen molar-refractivity contribution in [3.8, 4) is 17.1 Å². The van der Waals surface area contributed by atoms with Gasteiger partial charge in [-0.1, -0.05) is 53.8 Å². The topological polar surface area (TPSA) is 112 Å². The molecular formula is C34H27N3O6S. The number of allylic oxidation sites excluding steroid dienone is 1. The number of amides is 1. The van der Waals surface area contributed by atoms with Crippen molar-refractivity contribution in [2.75, 3.05) is 19.5 Å². The maximum absolute atomic E-state index is 14.0. The molecule has 0 saturated carbocycles. The number of para-hydroxylation sites is 1. The molecule has 1 amide bonds. The SMILES string of the molecule is COC(=O)c1ccc(-c2ccc(/C=c3\sc4n(c3=O)[C@@H](c3cccc(OC)c3)C(C(=O)Nc3ccccc3)=C(C)N=4)o2)cc1. The molecule has 10 heteroatoms. The maximum Gasteiger partial charge on any atom is 0.337 e. The minimum absolute atomic E-state index is 0.306. The number of anilines is 1. The number of carbonyl (C=O) groups excluding carboxylic acids is 2. The molecule has 1 atom stereocenters. The van der Waals surface area contributed by atoms with Gasteiger partial charge in [-0.05, 0) is 61.0 Å². The van der Waals surface area contributed by atoms with Crippen LogP contribution in [-0.4, -0.2) is 30.7 Å². The molecule has 0 saturated heterocycles. The van der Waals surface area contributed by atoms with Gasteiger partial charge >= 0.3 is 5.97 Å². The molecule has 1 aliphatic heterocycles. The highest BCUT2D eigenvalue weighted by Crippen LogP contribution is 2.32. The van der Waals surface area contributed by atoms with Crippen LogP contribution < -0.4 is 24.9 Å². The minimum Gasteiger partial charge on any atom is -0.497 e. The van der Waals surface area contributed by atoms with Gasteiger partial charge in [0.25, 0.3) is 11.5 Å². The van der Waals surface area contributed by atoms with Gasteiger partial charge in [-0.3, -0.25) is 14.2 Å². The van der Waals surface area contributed by atoms with Crippen molar-refractivity contribution in [2.24, 2.45) is 4.99 Å². The van der Waals surface area contributed by atoms with Crippen LogP contribution in [0.3, 0.4) is 0 Å². The largest absolute Gasteiger partial charge is 0.497 e. The van der Waals surface area contributed by atoms with E-state index in [0.717, 1.165) is 5.56 Å². The molecule has 220 valence electrons. The molecule has 9 nitrogen and oxygen atoms in total. The smallest absolute Gasteiger partial charge is 0.337 e. The lowest BCUT2D eigenvalue weighted by atomic mass is 9.95. The molecule has 1 aliphatic rings. The van der Waals surface area contributed by atoms with Crippen LogP contribution in [-0.2, 0) is 9.53 Å². The van der Waals surface area contributed by atoms with E-state index in [9.17, 15) is 14.4 Å². The van der Waals surface area contributed by atoms with E-state index < -0.39 is 12.0 Å². The Morgan fingerprint density at radius 2 is 1.75 bits per heavy atom. The first-order valence-corrected chi connectivity index (χ1v) is 14.5. The standard InChI is InChI=1S/C34H27N3O6S/c1-20-29(31(38)36-24-9-5-4-6-10-24)30(23-8-7-11-25(18-23)41-2)37-32(39)28(44-34(37)35-20)19-26-16-17-27(43-26)21-12-14-22(15-13-21)33(40)42-3/h4-19,30H,1-3H3,(H,36,38)/b28-19-/t30-/m0/s1. The van der Waals surface area contributed by atoms with Crippen LogP contribution in [0.25, 0.3) is 17.4 Å². The number of fused-ring (bicyclic) bond motifs is 1. The van der Waals surface area contributed by atoms with Gasteiger partial charge in [0.15, 0.2) is 4.80 Å². The summed E-state index contributed by atoms with van der Waals surface area (Å²) in [4.78, 5) is 44.7. The quantitative estimate of drug-likeness (QED) is 0.264. The maximum atomic E-state index is 14.0. The zero-order valence-electron chi connectivity index (χ0n) is 24.1. The Kier molecular flexibility index (Phi) is 7.82. The Balaban J connectivity index is 1.41. The fourth-order valence-electron chi connectivity index (χ4n) is 5.06. The number of furan rings is 1. The number of nitrogens with one attached hydrogen (secondary N) is 1. The minimum atomic E-state index is -0.743. The van der Waals surface area contributed by atoms with Gasteiger partial charge in [0.05, 0.1) is 41.6 Å². The second-order valence-corrected chi connectivity index (χ2v) is 11.0. The first kappa shape index (κ1) is 28.6. The molecule has 6 rings (SSSR count). The van der Waals surface area contributed by atoms with E-state index in [1.54, 1.807) is 73.2 Å². The summed E-state index contributed by atoms with van der Waals surface area (Å²) >= 11 is 1.22. The van der Waals surface area contributed by atoms with Crippen LogP contribution in [0.15, 0.2) is 116 Å². The first-order chi connectivity index (χ1) is 21.4. The molecule has 0 fully saturated rings. The number of hydrogen-bond acceptors (Lipinski definition) is 8. The molecule has 0 radical (unpaired) electrons. The molecule has 3 heterocycles. The number of methoxy groups -OCH3 is 2. The Morgan fingerprint density at radius 3 is 2.48 bits per heavy atom. The number of benzene rings is 3. The Hall–Kier alpha value is -5.48. The van der Waals surface area contributed by atoms with E-state index >= 15 is 0 Å². The van der Waals surface area contributed by atoms with Gasteiger partial charge in [-0.2, -0.15) is 0 Å².